The quantitative estimate of drug-likeness (QED) is 0.705. The van der Waals surface area contributed by atoms with Gasteiger partial charge in [0.2, 0.25) is 0 Å². The standard InChI is InChI=1S/C8H19N3O2S/c1-7(2)10(4)14(12,13)11-5-8(3,9)6-11/h7H,5-6,9H2,1-4H3. The van der Waals surface area contributed by atoms with Crippen molar-refractivity contribution in [2.75, 3.05) is 20.1 Å². The zero-order valence-electron chi connectivity index (χ0n) is 9.19. The van der Waals surface area contributed by atoms with Gasteiger partial charge in [0.25, 0.3) is 10.2 Å². The Kier molecular flexibility index (Phi) is 2.93. The van der Waals surface area contributed by atoms with E-state index in [0.717, 1.165) is 0 Å². The highest BCUT2D eigenvalue weighted by Gasteiger charge is 2.43. The maximum Gasteiger partial charge on any atom is 0.282 e. The highest BCUT2D eigenvalue weighted by Crippen LogP contribution is 2.23. The number of nitrogens with two attached hydrogens (primary N) is 1. The molecule has 1 aliphatic rings. The number of nitrogens with zero attached hydrogens (tertiary/aromatic N) is 2. The third kappa shape index (κ3) is 2.08. The van der Waals surface area contributed by atoms with Gasteiger partial charge in [-0.05, 0) is 20.8 Å². The molecule has 0 amide bonds. The molecule has 0 spiro atoms. The van der Waals surface area contributed by atoms with E-state index in [2.05, 4.69) is 0 Å². The fourth-order valence-electron chi connectivity index (χ4n) is 1.37. The molecular weight excluding hydrogens is 202 g/mol. The van der Waals surface area contributed by atoms with E-state index in [4.69, 9.17) is 5.73 Å². The molecule has 2 N–H and O–H groups in total. The maximum atomic E-state index is 11.8. The Labute approximate surface area is 86.0 Å². The summed E-state index contributed by atoms with van der Waals surface area (Å²) in [5.74, 6) is 0. The minimum atomic E-state index is -3.29. The predicted octanol–water partition coefficient (Wildman–Crippen LogP) is -0.396. The Morgan fingerprint density at radius 3 is 2.14 bits per heavy atom. The third-order valence-corrected chi connectivity index (χ3v) is 4.55. The van der Waals surface area contributed by atoms with Crippen LogP contribution in [0.15, 0.2) is 0 Å². The molecule has 6 heteroatoms. The van der Waals surface area contributed by atoms with Crippen molar-refractivity contribution in [3.8, 4) is 0 Å². The van der Waals surface area contributed by atoms with Crippen LogP contribution in [0.3, 0.4) is 0 Å². The first-order valence-corrected chi connectivity index (χ1v) is 6.08. The molecule has 0 atom stereocenters. The molecule has 1 fully saturated rings. The predicted molar refractivity (Wildman–Crippen MR) is 56.0 cm³/mol. The first kappa shape index (κ1) is 11.9. The molecule has 0 bridgehead atoms. The van der Waals surface area contributed by atoms with Crippen molar-refractivity contribution in [1.82, 2.24) is 8.61 Å². The average molecular weight is 221 g/mol. The van der Waals surface area contributed by atoms with Crippen molar-refractivity contribution in [2.45, 2.75) is 32.4 Å². The minimum Gasteiger partial charge on any atom is -0.323 e. The van der Waals surface area contributed by atoms with Crippen LogP contribution in [-0.4, -0.2) is 48.7 Å². The zero-order valence-corrected chi connectivity index (χ0v) is 10.0. The van der Waals surface area contributed by atoms with Crippen molar-refractivity contribution < 1.29 is 8.42 Å². The second kappa shape index (κ2) is 3.44. The Hall–Kier alpha value is -0.170. The molecular formula is C8H19N3O2S. The monoisotopic (exact) mass is 221 g/mol. The lowest BCUT2D eigenvalue weighted by Gasteiger charge is -2.45. The van der Waals surface area contributed by atoms with Crippen LogP contribution in [0.1, 0.15) is 20.8 Å². The molecule has 1 heterocycles. The van der Waals surface area contributed by atoms with E-state index in [9.17, 15) is 8.42 Å². The average Bonchev–Trinajstić information content (AvgIpc) is 1.98. The fourth-order valence-corrected chi connectivity index (χ4v) is 3.18. The highest BCUT2D eigenvalue weighted by molar-refractivity contribution is 7.86. The lowest BCUT2D eigenvalue weighted by atomic mass is 9.97. The molecule has 1 rings (SSSR count). The number of hydrogen-bond acceptors (Lipinski definition) is 3. The molecule has 84 valence electrons. The molecule has 0 aromatic rings. The molecule has 5 nitrogen and oxygen atoms in total. The molecule has 0 aromatic carbocycles. The van der Waals surface area contributed by atoms with Gasteiger partial charge >= 0.3 is 0 Å². The third-order valence-electron chi connectivity index (χ3n) is 2.49. The SMILES string of the molecule is CC(C)N(C)S(=O)(=O)N1CC(C)(N)C1. The van der Waals surface area contributed by atoms with Crippen molar-refractivity contribution in [1.29, 1.82) is 0 Å². The second-order valence-corrected chi connectivity index (χ2v) is 6.53. The van der Waals surface area contributed by atoms with Gasteiger partial charge in [-0.2, -0.15) is 17.0 Å². The summed E-state index contributed by atoms with van der Waals surface area (Å²) < 4.78 is 26.4. The van der Waals surface area contributed by atoms with Gasteiger partial charge in [0, 0.05) is 31.7 Å². The van der Waals surface area contributed by atoms with E-state index in [1.165, 1.54) is 8.61 Å². The van der Waals surface area contributed by atoms with Gasteiger partial charge in [0.1, 0.15) is 0 Å². The Balaban J connectivity index is 2.70. The van der Waals surface area contributed by atoms with E-state index in [1.54, 1.807) is 7.05 Å². The van der Waals surface area contributed by atoms with Crippen LogP contribution in [0.5, 0.6) is 0 Å². The highest BCUT2D eigenvalue weighted by atomic mass is 32.2. The van der Waals surface area contributed by atoms with Crippen molar-refractivity contribution in [2.24, 2.45) is 5.73 Å². The minimum absolute atomic E-state index is 0.0235. The van der Waals surface area contributed by atoms with Crippen LogP contribution in [0.2, 0.25) is 0 Å². The lowest BCUT2D eigenvalue weighted by Crippen LogP contribution is -2.68. The molecule has 0 saturated carbocycles. The van der Waals surface area contributed by atoms with E-state index in [-0.39, 0.29) is 11.6 Å². The number of rotatable bonds is 3. The summed E-state index contributed by atoms with van der Waals surface area (Å²) in [6, 6.07) is -0.0235. The van der Waals surface area contributed by atoms with Gasteiger partial charge in [0.15, 0.2) is 0 Å². The first-order valence-electron chi connectivity index (χ1n) is 4.69. The van der Waals surface area contributed by atoms with Crippen LogP contribution in [0.25, 0.3) is 0 Å². The van der Waals surface area contributed by atoms with E-state index < -0.39 is 10.2 Å². The van der Waals surface area contributed by atoms with Gasteiger partial charge in [-0.1, -0.05) is 0 Å². The topological polar surface area (TPSA) is 66.6 Å². The number of hydrogen-bond donors (Lipinski definition) is 1. The maximum absolute atomic E-state index is 11.8. The summed E-state index contributed by atoms with van der Waals surface area (Å²) in [7, 11) is -1.70. The smallest absolute Gasteiger partial charge is 0.282 e. The summed E-state index contributed by atoms with van der Waals surface area (Å²) >= 11 is 0. The lowest BCUT2D eigenvalue weighted by molar-refractivity contribution is 0.163. The van der Waals surface area contributed by atoms with Gasteiger partial charge in [-0.25, -0.2) is 0 Å². The van der Waals surface area contributed by atoms with Crippen LogP contribution >= 0.6 is 0 Å². The fraction of sp³-hybridized carbons (Fsp3) is 1.00. The van der Waals surface area contributed by atoms with Crippen molar-refractivity contribution in [3.63, 3.8) is 0 Å². The van der Waals surface area contributed by atoms with E-state index >= 15 is 0 Å². The Morgan fingerprint density at radius 1 is 1.43 bits per heavy atom. The van der Waals surface area contributed by atoms with Crippen LogP contribution in [-0.2, 0) is 10.2 Å². The van der Waals surface area contributed by atoms with Gasteiger partial charge in [-0.15, -0.1) is 0 Å². The molecule has 1 aliphatic heterocycles. The van der Waals surface area contributed by atoms with Crippen LogP contribution in [0, 0.1) is 0 Å². The van der Waals surface area contributed by atoms with Gasteiger partial charge < -0.3 is 5.73 Å². The molecule has 0 unspecified atom stereocenters. The van der Waals surface area contributed by atoms with Crippen LogP contribution < -0.4 is 5.73 Å². The summed E-state index contributed by atoms with van der Waals surface area (Å²) in [6.45, 7) is 6.37. The summed E-state index contributed by atoms with van der Waals surface area (Å²) in [6.07, 6.45) is 0. The molecule has 1 saturated heterocycles. The molecule has 0 aliphatic carbocycles. The summed E-state index contributed by atoms with van der Waals surface area (Å²) in [4.78, 5) is 0. The molecule has 0 radical (unpaired) electrons. The summed E-state index contributed by atoms with van der Waals surface area (Å²) in [5, 5.41) is 0. The largest absolute Gasteiger partial charge is 0.323 e. The summed E-state index contributed by atoms with van der Waals surface area (Å²) in [5.41, 5.74) is 5.40. The Bertz CT molecular complexity index is 303. The van der Waals surface area contributed by atoms with E-state index in [0.29, 0.717) is 13.1 Å². The van der Waals surface area contributed by atoms with Gasteiger partial charge in [-0.3, -0.25) is 0 Å². The van der Waals surface area contributed by atoms with Crippen molar-refractivity contribution >= 4 is 10.2 Å². The molecule has 0 aromatic heterocycles. The van der Waals surface area contributed by atoms with Crippen LogP contribution in [0.4, 0.5) is 0 Å². The zero-order chi connectivity index (χ0) is 11.1. The Morgan fingerprint density at radius 2 is 1.86 bits per heavy atom. The van der Waals surface area contributed by atoms with E-state index in [1.807, 2.05) is 20.8 Å². The van der Waals surface area contributed by atoms with Gasteiger partial charge in [0.05, 0.1) is 0 Å². The normalized spacial score (nSPS) is 22.8. The molecule has 14 heavy (non-hydrogen) atoms. The van der Waals surface area contributed by atoms with Crippen molar-refractivity contribution in [3.05, 3.63) is 0 Å². The second-order valence-electron chi connectivity index (χ2n) is 4.54. The first-order chi connectivity index (χ1) is 6.17.